The molecular weight excluding hydrogens is 192 g/mol. The molecule has 0 saturated carbocycles. The van der Waals surface area contributed by atoms with E-state index in [4.69, 9.17) is 4.74 Å². The lowest BCUT2D eigenvalue weighted by Gasteiger charge is -2.20. The van der Waals surface area contributed by atoms with Crippen LogP contribution in [0, 0.1) is 5.92 Å². The van der Waals surface area contributed by atoms with Crippen LogP contribution in [0.4, 0.5) is 0 Å². The lowest BCUT2D eigenvalue weighted by atomic mass is 9.91. The molecule has 0 radical (unpaired) electrons. The van der Waals surface area contributed by atoms with Gasteiger partial charge in [-0.25, -0.2) is 0 Å². The van der Waals surface area contributed by atoms with Gasteiger partial charge in [0.05, 0.1) is 18.1 Å². The van der Waals surface area contributed by atoms with Gasteiger partial charge in [-0.3, -0.25) is 4.79 Å². The predicted molar refractivity (Wildman–Crippen MR) is 57.7 cm³/mol. The Morgan fingerprint density at radius 3 is 2.40 bits per heavy atom. The molecule has 1 aliphatic heterocycles. The van der Waals surface area contributed by atoms with Crippen molar-refractivity contribution in [1.82, 2.24) is 0 Å². The van der Waals surface area contributed by atoms with Crippen LogP contribution >= 0.6 is 0 Å². The Balaban J connectivity index is 2.57. The lowest BCUT2D eigenvalue weighted by molar-refractivity contribution is -0.130. The van der Waals surface area contributed by atoms with Gasteiger partial charge in [0.1, 0.15) is 11.6 Å². The molecule has 1 saturated heterocycles. The van der Waals surface area contributed by atoms with Crippen LogP contribution in [0.25, 0.3) is 0 Å². The Labute approximate surface area is 91.2 Å². The first-order chi connectivity index (χ1) is 7.04. The maximum atomic E-state index is 11.4. The molecule has 86 valence electrons. The number of hydrogen-bond donors (Lipinski definition) is 0. The third kappa shape index (κ3) is 3.42. The minimum absolute atomic E-state index is 0.0312. The van der Waals surface area contributed by atoms with E-state index in [1.807, 2.05) is 0 Å². The van der Waals surface area contributed by atoms with Crippen molar-refractivity contribution in [2.45, 2.75) is 58.7 Å². The first-order valence-electron chi connectivity index (χ1n) is 5.70. The van der Waals surface area contributed by atoms with Crippen molar-refractivity contribution in [3.63, 3.8) is 0 Å². The van der Waals surface area contributed by atoms with Crippen molar-refractivity contribution in [3.05, 3.63) is 0 Å². The monoisotopic (exact) mass is 212 g/mol. The largest absolute Gasteiger partial charge is 0.374 e. The first-order valence-corrected chi connectivity index (χ1v) is 5.70. The van der Waals surface area contributed by atoms with E-state index in [1.54, 1.807) is 6.92 Å². The highest BCUT2D eigenvalue weighted by Gasteiger charge is 2.33. The van der Waals surface area contributed by atoms with Gasteiger partial charge in [0.25, 0.3) is 0 Å². The molecule has 3 atom stereocenters. The van der Waals surface area contributed by atoms with E-state index in [-0.39, 0.29) is 29.7 Å². The minimum Gasteiger partial charge on any atom is -0.374 e. The summed E-state index contributed by atoms with van der Waals surface area (Å²) in [4.78, 5) is 22.5. The highest BCUT2D eigenvalue weighted by molar-refractivity contribution is 5.86. The van der Waals surface area contributed by atoms with Crippen molar-refractivity contribution in [2.75, 3.05) is 0 Å². The Kier molecular flexibility index (Phi) is 4.45. The SMILES string of the molecule is CCC1CCC(C(CC(C)=O)C(C)=O)O1. The van der Waals surface area contributed by atoms with Crippen LogP contribution in [0.5, 0.6) is 0 Å². The average molecular weight is 212 g/mol. The number of rotatable bonds is 5. The molecule has 0 aliphatic carbocycles. The van der Waals surface area contributed by atoms with Gasteiger partial charge in [-0.05, 0) is 33.1 Å². The number of Topliss-reactive ketones (excluding diaryl/α,β-unsaturated/α-hetero) is 2. The fraction of sp³-hybridized carbons (Fsp3) is 0.833. The molecule has 1 fully saturated rings. The fourth-order valence-corrected chi connectivity index (χ4v) is 2.18. The smallest absolute Gasteiger partial charge is 0.135 e. The zero-order valence-electron chi connectivity index (χ0n) is 9.79. The molecule has 0 aromatic rings. The summed E-state index contributed by atoms with van der Waals surface area (Å²) in [6.07, 6.45) is 3.50. The molecule has 1 rings (SSSR count). The second-order valence-electron chi connectivity index (χ2n) is 4.41. The molecule has 0 aromatic heterocycles. The second-order valence-corrected chi connectivity index (χ2v) is 4.41. The molecule has 3 nitrogen and oxygen atoms in total. The van der Waals surface area contributed by atoms with Crippen LogP contribution < -0.4 is 0 Å². The van der Waals surface area contributed by atoms with E-state index < -0.39 is 0 Å². The Bertz CT molecular complexity index is 247. The zero-order valence-corrected chi connectivity index (χ0v) is 9.79. The molecule has 0 aromatic carbocycles. The summed E-state index contributed by atoms with van der Waals surface area (Å²) < 4.78 is 5.76. The standard InChI is InChI=1S/C12H20O3/c1-4-10-5-6-12(15-10)11(9(3)14)7-8(2)13/h10-12H,4-7H2,1-3H3. The summed E-state index contributed by atoms with van der Waals surface area (Å²) in [5.41, 5.74) is 0. The van der Waals surface area contributed by atoms with Gasteiger partial charge in [0.2, 0.25) is 0 Å². The highest BCUT2D eigenvalue weighted by atomic mass is 16.5. The van der Waals surface area contributed by atoms with Gasteiger partial charge < -0.3 is 9.53 Å². The van der Waals surface area contributed by atoms with Crippen molar-refractivity contribution < 1.29 is 14.3 Å². The van der Waals surface area contributed by atoms with Gasteiger partial charge in [-0.1, -0.05) is 6.92 Å². The highest BCUT2D eigenvalue weighted by Crippen LogP contribution is 2.29. The van der Waals surface area contributed by atoms with E-state index in [9.17, 15) is 9.59 Å². The van der Waals surface area contributed by atoms with Crippen LogP contribution in [0.3, 0.4) is 0 Å². The summed E-state index contributed by atoms with van der Waals surface area (Å²) in [5, 5.41) is 0. The predicted octanol–water partition coefficient (Wildman–Crippen LogP) is 2.13. The van der Waals surface area contributed by atoms with Crippen molar-refractivity contribution in [3.8, 4) is 0 Å². The Morgan fingerprint density at radius 2 is 2.00 bits per heavy atom. The number of carbonyl (C=O) groups is 2. The van der Waals surface area contributed by atoms with Gasteiger partial charge in [-0.2, -0.15) is 0 Å². The minimum atomic E-state index is -0.223. The van der Waals surface area contributed by atoms with Gasteiger partial charge in [0, 0.05) is 6.42 Å². The Morgan fingerprint density at radius 1 is 1.33 bits per heavy atom. The molecule has 0 amide bonds. The van der Waals surface area contributed by atoms with Crippen LogP contribution in [-0.4, -0.2) is 23.8 Å². The van der Waals surface area contributed by atoms with Crippen molar-refractivity contribution in [1.29, 1.82) is 0 Å². The normalized spacial score (nSPS) is 27.7. The second kappa shape index (κ2) is 5.40. The molecule has 15 heavy (non-hydrogen) atoms. The summed E-state index contributed by atoms with van der Waals surface area (Å²) in [6.45, 7) is 5.17. The third-order valence-electron chi connectivity index (χ3n) is 3.07. The van der Waals surface area contributed by atoms with E-state index in [0.29, 0.717) is 6.42 Å². The van der Waals surface area contributed by atoms with E-state index in [1.165, 1.54) is 6.92 Å². The molecule has 1 aliphatic rings. The van der Waals surface area contributed by atoms with Crippen molar-refractivity contribution >= 4 is 11.6 Å². The number of ether oxygens (including phenoxy) is 1. The summed E-state index contributed by atoms with van der Waals surface area (Å²) in [5.74, 6) is -0.0789. The average Bonchev–Trinajstić information content (AvgIpc) is 2.61. The maximum absolute atomic E-state index is 11.4. The fourth-order valence-electron chi connectivity index (χ4n) is 2.18. The van der Waals surface area contributed by atoms with Crippen LogP contribution in [0.2, 0.25) is 0 Å². The van der Waals surface area contributed by atoms with Gasteiger partial charge in [0.15, 0.2) is 0 Å². The molecule has 1 heterocycles. The molecule has 0 bridgehead atoms. The summed E-state index contributed by atoms with van der Waals surface area (Å²) in [6, 6.07) is 0. The van der Waals surface area contributed by atoms with E-state index in [0.717, 1.165) is 19.3 Å². The van der Waals surface area contributed by atoms with Crippen molar-refractivity contribution in [2.24, 2.45) is 5.92 Å². The lowest BCUT2D eigenvalue weighted by Crippen LogP contribution is -2.28. The van der Waals surface area contributed by atoms with E-state index >= 15 is 0 Å². The summed E-state index contributed by atoms with van der Waals surface area (Å²) >= 11 is 0. The number of carbonyl (C=O) groups excluding carboxylic acids is 2. The van der Waals surface area contributed by atoms with Gasteiger partial charge >= 0.3 is 0 Å². The molecule has 3 unspecified atom stereocenters. The number of hydrogen-bond acceptors (Lipinski definition) is 3. The summed E-state index contributed by atoms with van der Waals surface area (Å²) in [7, 11) is 0. The third-order valence-corrected chi connectivity index (χ3v) is 3.07. The first kappa shape index (κ1) is 12.4. The molecular formula is C12H20O3. The molecule has 0 N–H and O–H groups in total. The van der Waals surface area contributed by atoms with Crippen LogP contribution in [0.1, 0.15) is 46.5 Å². The molecule has 3 heteroatoms. The van der Waals surface area contributed by atoms with Crippen LogP contribution in [-0.2, 0) is 14.3 Å². The maximum Gasteiger partial charge on any atom is 0.135 e. The molecule has 0 spiro atoms. The van der Waals surface area contributed by atoms with E-state index in [2.05, 4.69) is 6.92 Å². The van der Waals surface area contributed by atoms with Gasteiger partial charge in [-0.15, -0.1) is 0 Å². The topological polar surface area (TPSA) is 43.4 Å². The van der Waals surface area contributed by atoms with Crippen LogP contribution in [0.15, 0.2) is 0 Å². The quantitative estimate of drug-likeness (QED) is 0.701. The number of ketones is 2. The zero-order chi connectivity index (χ0) is 11.4. The Hall–Kier alpha value is -0.700.